The minimum absolute atomic E-state index is 0.127. The fourth-order valence-corrected chi connectivity index (χ4v) is 3.20. The second-order valence-corrected chi connectivity index (χ2v) is 6.53. The molecule has 0 spiro atoms. The highest BCUT2D eigenvalue weighted by atomic mass is 16.5. The van der Waals surface area contributed by atoms with Gasteiger partial charge in [0.2, 0.25) is 5.88 Å². The number of pyridine rings is 1. The summed E-state index contributed by atoms with van der Waals surface area (Å²) < 4.78 is 7.54. The van der Waals surface area contributed by atoms with Gasteiger partial charge in [0, 0.05) is 11.8 Å². The van der Waals surface area contributed by atoms with E-state index in [1.54, 1.807) is 6.07 Å². The Kier molecular flexibility index (Phi) is 5.13. The molecular weight excluding hydrogens is 380 g/mol. The summed E-state index contributed by atoms with van der Waals surface area (Å²) in [6.07, 6.45) is 1.32. The van der Waals surface area contributed by atoms with E-state index in [-0.39, 0.29) is 17.4 Å². The average molecular weight is 400 g/mol. The summed E-state index contributed by atoms with van der Waals surface area (Å²) in [7, 11) is 0. The molecule has 9 nitrogen and oxygen atoms in total. The number of nitrogens with zero attached hydrogens (tertiary/aromatic N) is 6. The van der Waals surface area contributed by atoms with Crippen LogP contribution in [0.15, 0.2) is 48.8 Å². The molecule has 1 aromatic carbocycles. The molecule has 0 bridgehead atoms. The van der Waals surface area contributed by atoms with E-state index in [9.17, 15) is 5.26 Å². The monoisotopic (exact) mass is 400 g/mol. The predicted octanol–water partition coefficient (Wildman–Crippen LogP) is 3.24. The summed E-state index contributed by atoms with van der Waals surface area (Å²) in [5, 5.41) is 12.6. The highest BCUT2D eigenvalue weighted by Crippen LogP contribution is 2.28. The van der Waals surface area contributed by atoms with Crippen molar-refractivity contribution in [2.45, 2.75) is 19.9 Å². The van der Waals surface area contributed by atoms with E-state index >= 15 is 0 Å². The lowest BCUT2D eigenvalue weighted by Crippen LogP contribution is -2.15. The smallest absolute Gasteiger partial charge is 0.215 e. The molecule has 0 saturated carbocycles. The molecule has 0 aliphatic rings. The highest BCUT2D eigenvalue weighted by Gasteiger charge is 2.21. The van der Waals surface area contributed by atoms with Gasteiger partial charge >= 0.3 is 0 Å². The van der Waals surface area contributed by atoms with E-state index in [1.165, 1.54) is 6.33 Å². The number of ether oxygens (including phenoxy) is 1. The second-order valence-electron chi connectivity index (χ2n) is 6.53. The van der Waals surface area contributed by atoms with E-state index in [0.717, 1.165) is 11.2 Å². The third kappa shape index (κ3) is 3.46. The lowest BCUT2D eigenvalue weighted by atomic mass is 10.2. The number of anilines is 2. The van der Waals surface area contributed by atoms with E-state index < -0.39 is 0 Å². The molecule has 4 rings (SSSR count). The Labute approximate surface area is 173 Å². The number of rotatable bonds is 6. The van der Waals surface area contributed by atoms with Crippen LogP contribution in [0.4, 0.5) is 11.6 Å². The Hall–Kier alpha value is -4.19. The maximum atomic E-state index is 9.42. The maximum absolute atomic E-state index is 9.42. The largest absolute Gasteiger partial charge is 0.478 e. The fourth-order valence-electron chi connectivity index (χ4n) is 3.20. The Morgan fingerprint density at radius 3 is 2.70 bits per heavy atom. The molecular formula is C21H20N8O. The van der Waals surface area contributed by atoms with Gasteiger partial charge in [-0.2, -0.15) is 10.2 Å². The van der Waals surface area contributed by atoms with Crippen molar-refractivity contribution in [2.24, 2.45) is 0 Å². The lowest BCUT2D eigenvalue weighted by molar-refractivity contribution is 0.328. The van der Waals surface area contributed by atoms with Gasteiger partial charge in [-0.15, -0.1) is 0 Å². The number of nitrogens with one attached hydrogen (secondary N) is 1. The van der Waals surface area contributed by atoms with Crippen molar-refractivity contribution in [1.82, 2.24) is 24.5 Å². The molecule has 0 fully saturated rings. The lowest BCUT2D eigenvalue weighted by Gasteiger charge is -2.17. The maximum Gasteiger partial charge on any atom is 0.215 e. The van der Waals surface area contributed by atoms with Crippen LogP contribution >= 0.6 is 0 Å². The van der Waals surface area contributed by atoms with Crippen LogP contribution in [0.25, 0.3) is 16.9 Å². The van der Waals surface area contributed by atoms with Gasteiger partial charge in [-0.05, 0) is 32.0 Å². The van der Waals surface area contributed by atoms with Gasteiger partial charge in [-0.3, -0.25) is 4.57 Å². The molecule has 3 aromatic heterocycles. The zero-order chi connectivity index (χ0) is 21.1. The molecule has 3 N–H and O–H groups in total. The van der Waals surface area contributed by atoms with Gasteiger partial charge in [0.15, 0.2) is 5.65 Å². The standard InChI is InChI=1S/C21H20N8O/c1-3-30-17-10-9-16-21(28-17)29(14-7-5-4-6-8-14)20(27-16)13(2)26-19-15(11-22)18(23)24-12-25-19/h4-10,12-13H,3H2,1-2H3,(H3,23,24,25,26). The Morgan fingerprint density at radius 1 is 1.17 bits per heavy atom. The third-order valence-corrected chi connectivity index (χ3v) is 4.54. The first-order chi connectivity index (χ1) is 14.6. The van der Waals surface area contributed by atoms with Gasteiger partial charge in [-0.25, -0.2) is 15.0 Å². The number of fused-ring (bicyclic) bond motifs is 1. The first-order valence-corrected chi connectivity index (χ1v) is 9.47. The molecule has 150 valence electrons. The number of benzene rings is 1. The van der Waals surface area contributed by atoms with Crippen molar-refractivity contribution in [2.75, 3.05) is 17.7 Å². The van der Waals surface area contributed by atoms with Crippen LogP contribution < -0.4 is 15.8 Å². The first kappa shape index (κ1) is 19.1. The normalized spacial score (nSPS) is 11.8. The minimum atomic E-state index is -0.309. The average Bonchev–Trinajstić information content (AvgIpc) is 3.14. The van der Waals surface area contributed by atoms with Crippen LogP contribution in [0.1, 0.15) is 31.3 Å². The van der Waals surface area contributed by atoms with Crippen molar-refractivity contribution in [1.29, 1.82) is 5.26 Å². The number of aromatic nitrogens is 5. The van der Waals surface area contributed by atoms with Gasteiger partial charge in [-0.1, -0.05) is 18.2 Å². The summed E-state index contributed by atoms with van der Waals surface area (Å²) in [6, 6.07) is 15.2. The fraction of sp³-hybridized carbons (Fsp3) is 0.190. The molecule has 3 heterocycles. The van der Waals surface area contributed by atoms with Crippen molar-refractivity contribution >= 4 is 22.8 Å². The van der Waals surface area contributed by atoms with Crippen LogP contribution in [0.2, 0.25) is 0 Å². The summed E-state index contributed by atoms with van der Waals surface area (Å²) in [5.41, 5.74) is 8.33. The molecule has 0 aliphatic heterocycles. The number of nitrogen functional groups attached to an aromatic ring is 1. The molecule has 0 aliphatic carbocycles. The number of hydrogen-bond donors (Lipinski definition) is 2. The van der Waals surface area contributed by atoms with E-state index in [1.807, 2.05) is 60.9 Å². The zero-order valence-corrected chi connectivity index (χ0v) is 16.6. The second kappa shape index (κ2) is 8.05. The quantitative estimate of drug-likeness (QED) is 0.505. The van der Waals surface area contributed by atoms with Crippen molar-refractivity contribution in [3.63, 3.8) is 0 Å². The molecule has 1 unspecified atom stereocenters. The number of hydrogen-bond acceptors (Lipinski definition) is 8. The molecule has 4 aromatic rings. The molecule has 9 heteroatoms. The molecule has 0 amide bonds. The predicted molar refractivity (Wildman–Crippen MR) is 113 cm³/mol. The van der Waals surface area contributed by atoms with Crippen LogP contribution in [-0.4, -0.2) is 31.1 Å². The van der Waals surface area contributed by atoms with Gasteiger partial charge in [0.25, 0.3) is 0 Å². The van der Waals surface area contributed by atoms with Crippen LogP contribution in [0.3, 0.4) is 0 Å². The van der Waals surface area contributed by atoms with Gasteiger partial charge < -0.3 is 15.8 Å². The SMILES string of the molecule is CCOc1ccc2nc(C(C)Nc3ncnc(N)c3C#N)n(-c3ccccc3)c2n1. The topological polar surface area (TPSA) is 128 Å². The minimum Gasteiger partial charge on any atom is -0.478 e. The van der Waals surface area contributed by atoms with Gasteiger partial charge in [0.05, 0.1) is 12.6 Å². The van der Waals surface area contributed by atoms with Gasteiger partial charge in [0.1, 0.15) is 40.9 Å². The zero-order valence-electron chi connectivity index (χ0n) is 16.6. The van der Waals surface area contributed by atoms with E-state index in [2.05, 4.69) is 20.3 Å². The van der Waals surface area contributed by atoms with Crippen molar-refractivity contribution < 1.29 is 4.74 Å². The molecule has 1 atom stereocenters. The summed E-state index contributed by atoms with van der Waals surface area (Å²) in [5.74, 6) is 1.72. The van der Waals surface area contributed by atoms with Crippen LogP contribution in [-0.2, 0) is 0 Å². The summed E-state index contributed by atoms with van der Waals surface area (Å²) in [4.78, 5) is 17.5. The Bertz CT molecular complexity index is 1230. The number of imidazole rings is 1. The number of nitrogens with two attached hydrogens (primary N) is 1. The highest BCUT2D eigenvalue weighted by molar-refractivity contribution is 5.75. The molecule has 0 radical (unpaired) electrons. The summed E-state index contributed by atoms with van der Waals surface area (Å²) >= 11 is 0. The van der Waals surface area contributed by atoms with Crippen molar-refractivity contribution in [3.05, 3.63) is 60.2 Å². The molecule has 30 heavy (non-hydrogen) atoms. The van der Waals surface area contributed by atoms with Crippen LogP contribution in [0, 0.1) is 11.3 Å². The van der Waals surface area contributed by atoms with Crippen LogP contribution in [0.5, 0.6) is 5.88 Å². The molecule has 0 saturated heterocycles. The van der Waals surface area contributed by atoms with E-state index in [4.69, 9.17) is 15.5 Å². The third-order valence-electron chi connectivity index (χ3n) is 4.54. The Balaban J connectivity index is 1.84. The number of nitriles is 1. The van der Waals surface area contributed by atoms with E-state index in [0.29, 0.717) is 29.8 Å². The van der Waals surface area contributed by atoms with Crippen molar-refractivity contribution in [3.8, 4) is 17.6 Å². The summed E-state index contributed by atoms with van der Waals surface area (Å²) in [6.45, 7) is 4.37. The first-order valence-electron chi connectivity index (χ1n) is 9.47. The number of para-hydroxylation sites is 1. The Morgan fingerprint density at radius 2 is 1.97 bits per heavy atom.